The summed E-state index contributed by atoms with van der Waals surface area (Å²) in [6.45, 7) is 9.04. The van der Waals surface area contributed by atoms with E-state index in [-0.39, 0.29) is 11.7 Å². The topological polar surface area (TPSA) is 121 Å². The number of carbonyl (C=O) groups is 2. The highest BCUT2D eigenvalue weighted by Gasteiger charge is 2.31. The summed E-state index contributed by atoms with van der Waals surface area (Å²) >= 11 is 3.42. The van der Waals surface area contributed by atoms with Crippen molar-refractivity contribution in [2.24, 2.45) is 5.92 Å². The lowest BCUT2D eigenvalue weighted by Crippen LogP contribution is -2.46. The van der Waals surface area contributed by atoms with E-state index in [0.717, 1.165) is 15.4 Å². The SMILES string of the molecule is C=C(Cl)c1ccc2oc(C(=O)Nc3ccc(-c4ccc(N(C(C(=O)OC)C(C)C)S(=O)[O-])cc4)cc3)c(C)c2c1OC. The van der Waals surface area contributed by atoms with Crippen molar-refractivity contribution in [2.75, 3.05) is 23.8 Å². The predicted molar refractivity (Wildman–Crippen MR) is 164 cm³/mol. The summed E-state index contributed by atoms with van der Waals surface area (Å²) in [5.74, 6) is -0.750. The number of furan rings is 1. The number of amides is 1. The summed E-state index contributed by atoms with van der Waals surface area (Å²) in [6.07, 6.45) is 0. The maximum absolute atomic E-state index is 13.1. The molecule has 2 atom stereocenters. The number of esters is 1. The second kappa shape index (κ2) is 12.8. The minimum Gasteiger partial charge on any atom is -0.755 e. The monoisotopic (exact) mass is 609 g/mol. The van der Waals surface area contributed by atoms with E-state index in [1.165, 1.54) is 14.2 Å². The van der Waals surface area contributed by atoms with Crippen molar-refractivity contribution >= 4 is 62.1 Å². The summed E-state index contributed by atoms with van der Waals surface area (Å²) in [5.41, 5.74) is 4.23. The van der Waals surface area contributed by atoms with E-state index in [9.17, 15) is 18.4 Å². The molecule has 0 aliphatic rings. The fourth-order valence-electron chi connectivity index (χ4n) is 4.78. The molecule has 0 saturated heterocycles. The Bertz CT molecular complexity index is 1660. The highest BCUT2D eigenvalue weighted by atomic mass is 35.5. The number of nitrogens with one attached hydrogen (secondary N) is 1. The molecule has 0 radical (unpaired) electrons. The summed E-state index contributed by atoms with van der Waals surface area (Å²) in [7, 11) is 2.74. The molecule has 0 saturated carbocycles. The van der Waals surface area contributed by atoms with E-state index in [4.69, 9.17) is 25.5 Å². The molecule has 0 fully saturated rings. The lowest BCUT2D eigenvalue weighted by molar-refractivity contribution is -0.142. The summed E-state index contributed by atoms with van der Waals surface area (Å²) in [5, 5.41) is 3.81. The smallest absolute Gasteiger partial charge is 0.329 e. The molecule has 11 heteroatoms. The lowest BCUT2D eigenvalue weighted by atomic mass is 10.0. The molecule has 3 aromatic carbocycles. The Labute approximate surface area is 251 Å². The Morgan fingerprint density at radius 2 is 1.62 bits per heavy atom. The first-order chi connectivity index (χ1) is 20.0. The molecule has 4 aromatic rings. The predicted octanol–water partition coefficient (Wildman–Crippen LogP) is 6.68. The van der Waals surface area contributed by atoms with Crippen molar-refractivity contribution in [2.45, 2.75) is 26.8 Å². The molecule has 4 rings (SSSR count). The van der Waals surface area contributed by atoms with Crippen molar-refractivity contribution in [1.29, 1.82) is 0 Å². The van der Waals surface area contributed by atoms with Gasteiger partial charge in [0, 0.05) is 38.8 Å². The van der Waals surface area contributed by atoms with Crippen LogP contribution in [0.5, 0.6) is 5.75 Å². The lowest BCUT2D eigenvalue weighted by Gasteiger charge is -2.35. The summed E-state index contributed by atoms with van der Waals surface area (Å²) in [4.78, 5) is 25.4. The molecule has 0 spiro atoms. The Morgan fingerprint density at radius 1 is 1.02 bits per heavy atom. The highest BCUT2D eigenvalue weighted by molar-refractivity contribution is 7.80. The number of nitrogens with zero attached hydrogens (tertiary/aromatic N) is 1. The Hall–Kier alpha value is -4.12. The van der Waals surface area contributed by atoms with Crippen LogP contribution in [0.2, 0.25) is 0 Å². The Morgan fingerprint density at radius 3 is 2.12 bits per heavy atom. The fourth-order valence-corrected chi connectivity index (χ4v) is 5.74. The molecule has 220 valence electrons. The van der Waals surface area contributed by atoms with Gasteiger partial charge >= 0.3 is 5.97 Å². The van der Waals surface area contributed by atoms with Crippen LogP contribution in [0.25, 0.3) is 27.1 Å². The van der Waals surface area contributed by atoms with Gasteiger partial charge in [-0.05, 0) is 60.4 Å². The van der Waals surface area contributed by atoms with E-state index in [1.54, 1.807) is 69.3 Å². The van der Waals surface area contributed by atoms with E-state index in [2.05, 4.69) is 11.9 Å². The van der Waals surface area contributed by atoms with Gasteiger partial charge in [-0.25, -0.2) is 4.79 Å². The number of hydrogen-bond acceptors (Lipinski definition) is 7. The second-order valence-electron chi connectivity index (χ2n) is 9.81. The van der Waals surface area contributed by atoms with Crippen LogP contribution in [0.3, 0.4) is 0 Å². The first-order valence-electron chi connectivity index (χ1n) is 12.9. The first kappa shape index (κ1) is 30.8. The standard InChI is InChI=1S/C31H31ClN2O7S/c1-17(2)27(31(36)40-6)34(42(37)38)23-13-9-21(10-14-23)20-7-11-22(12-8-20)33-30(35)28-18(3)26-25(41-28)16-15-24(19(4)32)29(26)39-5/h7-17,27H,4H2,1-3,5-6H3,(H,33,35)(H,37,38)/p-1. The van der Waals surface area contributed by atoms with Crippen LogP contribution in [-0.2, 0) is 20.8 Å². The van der Waals surface area contributed by atoms with E-state index < -0.39 is 29.2 Å². The van der Waals surface area contributed by atoms with Crippen LogP contribution in [0.1, 0.15) is 35.5 Å². The van der Waals surface area contributed by atoms with Gasteiger partial charge in [-0.3, -0.25) is 13.3 Å². The van der Waals surface area contributed by atoms with Gasteiger partial charge in [0.15, 0.2) is 5.76 Å². The van der Waals surface area contributed by atoms with Crippen molar-refractivity contribution in [3.05, 3.63) is 84.1 Å². The minimum atomic E-state index is -2.70. The normalized spacial score (nSPS) is 12.6. The van der Waals surface area contributed by atoms with Gasteiger partial charge in [0.05, 0.1) is 19.6 Å². The Kier molecular flexibility index (Phi) is 9.40. The quantitative estimate of drug-likeness (QED) is 0.157. The van der Waals surface area contributed by atoms with Gasteiger partial charge < -0.3 is 23.8 Å². The van der Waals surface area contributed by atoms with Crippen LogP contribution in [0, 0.1) is 12.8 Å². The zero-order chi connectivity index (χ0) is 30.7. The number of methoxy groups -OCH3 is 2. The first-order valence-corrected chi connectivity index (χ1v) is 14.3. The molecule has 1 amide bonds. The van der Waals surface area contributed by atoms with Crippen LogP contribution < -0.4 is 14.4 Å². The van der Waals surface area contributed by atoms with Crippen LogP contribution in [0.4, 0.5) is 11.4 Å². The second-order valence-corrected chi connectivity index (χ2v) is 11.1. The number of hydrogen-bond donors (Lipinski definition) is 1. The molecule has 1 N–H and O–H groups in total. The molecule has 0 aliphatic heterocycles. The molecular weight excluding hydrogens is 580 g/mol. The van der Waals surface area contributed by atoms with Gasteiger partial charge in [0.2, 0.25) is 0 Å². The largest absolute Gasteiger partial charge is 0.755 e. The molecule has 9 nitrogen and oxygen atoms in total. The number of anilines is 2. The average Bonchev–Trinajstić information content (AvgIpc) is 3.31. The van der Waals surface area contributed by atoms with Crippen molar-refractivity contribution < 1.29 is 32.2 Å². The zero-order valence-corrected chi connectivity index (χ0v) is 25.3. The third kappa shape index (κ3) is 6.06. The number of benzene rings is 3. The van der Waals surface area contributed by atoms with Crippen molar-refractivity contribution in [1.82, 2.24) is 0 Å². The maximum atomic E-state index is 13.1. The fraction of sp³-hybridized carbons (Fsp3) is 0.226. The third-order valence-corrected chi connectivity index (χ3v) is 7.80. The van der Waals surface area contributed by atoms with Crippen molar-refractivity contribution in [3.8, 4) is 16.9 Å². The van der Waals surface area contributed by atoms with Crippen molar-refractivity contribution in [3.63, 3.8) is 0 Å². The molecule has 1 heterocycles. The zero-order valence-electron chi connectivity index (χ0n) is 23.7. The molecule has 42 heavy (non-hydrogen) atoms. The van der Waals surface area contributed by atoms with E-state index in [0.29, 0.717) is 44.3 Å². The summed E-state index contributed by atoms with van der Waals surface area (Å²) in [6, 6.07) is 16.4. The number of ether oxygens (including phenoxy) is 2. The third-order valence-electron chi connectivity index (χ3n) is 6.83. The number of fused-ring (bicyclic) bond motifs is 1. The minimum absolute atomic E-state index is 0.146. The number of aryl methyl sites for hydroxylation is 1. The van der Waals surface area contributed by atoms with Gasteiger partial charge in [0.1, 0.15) is 17.4 Å². The molecule has 1 aromatic heterocycles. The maximum Gasteiger partial charge on any atom is 0.329 e. The van der Waals surface area contributed by atoms with Gasteiger partial charge in [0.25, 0.3) is 5.91 Å². The molecule has 2 unspecified atom stereocenters. The van der Waals surface area contributed by atoms with Gasteiger partial charge in [-0.1, -0.05) is 56.3 Å². The number of carbonyl (C=O) groups excluding carboxylic acids is 2. The number of rotatable bonds is 10. The van der Waals surface area contributed by atoms with Crippen LogP contribution in [-0.4, -0.2) is 40.9 Å². The van der Waals surface area contributed by atoms with E-state index in [1.807, 2.05) is 12.1 Å². The summed E-state index contributed by atoms with van der Waals surface area (Å²) < 4.78 is 41.4. The Balaban J connectivity index is 1.54. The highest BCUT2D eigenvalue weighted by Crippen LogP contribution is 2.39. The molecule has 0 bridgehead atoms. The average molecular weight is 610 g/mol. The van der Waals surface area contributed by atoms with Gasteiger partial charge in [-0.15, -0.1) is 0 Å². The van der Waals surface area contributed by atoms with Crippen LogP contribution in [0.15, 0.2) is 71.7 Å². The van der Waals surface area contributed by atoms with Crippen LogP contribution >= 0.6 is 11.6 Å². The van der Waals surface area contributed by atoms with Gasteiger partial charge in [-0.2, -0.15) is 0 Å². The molecule has 0 aliphatic carbocycles. The van der Waals surface area contributed by atoms with E-state index >= 15 is 0 Å². The molecular formula is C31H30ClN2O7S-. The number of halogens is 1.